The summed E-state index contributed by atoms with van der Waals surface area (Å²) in [5.41, 5.74) is 7.44. The van der Waals surface area contributed by atoms with Crippen LogP contribution in [0, 0.1) is 6.92 Å². The first kappa shape index (κ1) is 14.0. The summed E-state index contributed by atoms with van der Waals surface area (Å²) in [6.07, 6.45) is 0.104. The zero-order chi connectivity index (χ0) is 12.8. The van der Waals surface area contributed by atoms with E-state index < -0.39 is 6.10 Å². The van der Waals surface area contributed by atoms with Crippen LogP contribution in [0.25, 0.3) is 0 Å². The fourth-order valence-electron chi connectivity index (χ4n) is 1.94. The Bertz CT molecular complexity index is 355. The molecule has 1 aromatic rings. The van der Waals surface area contributed by atoms with E-state index in [-0.39, 0.29) is 6.04 Å². The van der Waals surface area contributed by atoms with E-state index in [1.165, 1.54) is 0 Å². The summed E-state index contributed by atoms with van der Waals surface area (Å²) >= 11 is 0. The number of ether oxygens (including phenoxy) is 1. The summed E-state index contributed by atoms with van der Waals surface area (Å²) in [5, 5.41) is 13.4. The number of benzene rings is 1. The highest BCUT2D eigenvalue weighted by Crippen LogP contribution is 2.29. The van der Waals surface area contributed by atoms with Crippen LogP contribution in [0.15, 0.2) is 18.2 Å². The molecule has 0 bridgehead atoms. The zero-order valence-electron chi connectivity index (χ0n) is 10.7. The van der Waals surface area contributed by atoms with E-state index in [2.05, 4.69) is 5.32 Å². The van der Waals surface area contributed by atoms with Gasteiger partial charge in [0.2, 0.25) is 0 Å². The molecular formula is C13H22N2O2. The Balaban J connectivity index is 2.99. The lowest BCUT2D eigenvalue weighted by molar-refractivity contribution is 0.125. The number of nitrogens with one attached hydrogen (secondary N) is 1. The molecule has 0 fully saturated rings. The molecule has 0 aliphatic rings. The lowest BCUT2D eigenvalue weighted by Crippen LogP contribution is -2.34. The minimum Gasteiger partial charge on any atom is -0.496 e. The first-order chi connectivity index (χ1) is 8.13. The summed E-state index contributed by atoms with van der Waals surface area (Å²) in [6.45, 7) is 2.53. The van der Waals surface area contributed by atoms with Crippen LogP contribution in [-0.2, 0) is 0 Å². The van der Waals surface area contributed by atoms with Gasteiger partial charge in [0.25, 0.3) is 0 Å². The van der Waals surface area contributed by atoms with E-state index >= 15 is 0 Å². The highest BCUT2D eigenvalue weighted by molar-refractivity contribution is 5.39. The fourth-order valence-corrected chi connectivity index (χ4v) is 1.94. The molecule has 2 atom stereocenters. The molecule has 4 heteroatoms. The molecule has 0 saturated heterocycles. The van der Waals surface area contributed by atoms with Gasteiger partial charge in [-0.3, -0.25) is 0 Å². The molecule has 0 aliphatic carbocycles. The highest BCUT2D eigenvalue weighted by Gasteiger charge is 2.21. The molecule has 1 rings (SSSR count). The smallest absolute Gasteiger partial charge is 0.124 e. The van der Waals surface area contributed by atoms with E-state index in [1.807, 2.05) is 32.2 Å². The molecule has 0 amide bonds. The zero-order valence-corrected chi connectivity index (χ0v) is 10.7. The first-order valence-electron chi connectivity index (χ1n) is 5.84. The maximum absolute atomic E-state index is 10.3. The summed E-state index contributed by atoms with van der Waals surface area (Å²) in [4.78, 5) is 0. The second kappa shape index (κ2) is 6.59. The van der Waals surface area contributed by atoms with Gasteiger partial charge in [0.05, 0.1) is 13.2 Å². The summed E-state index contributed by atoms with van der Waals surface area (Å²) < 4.78 is 5.28. The van der Waals surface area contributed by atoms with E-state index in [0.717, 1.165) is 17.5 Å². The number of aliphatic hydroxyl groups excluding tert-OH is 1. The number of hydrogen-bond acceptors (Lipinski definition) is 4. The maximum atomic E-state index is 10.3. The van der Waals surface area contributed by atoms with Gasteiger partial charge in [-0.25, -0.2) is 0 Å². The largest absolute Gasteiger partial charge is 0.496 e. The predicted molar refractivity (Wildman–Crippen MR) is 69.2 cm³/mol. The van der Waals surface area contributed by atoms with Crippen molar-refractivity contribution in [2.45, 2.75) is 25.5 Å². The van der Waals surface area contributed by atoms with Crippen LogP contribution in [0.2, 0.25) is 0 Å². The summed E-state index contributed by atoms with van der Waals surface area (Å²) in [7, 11) is 3.43. The van der Waals surface area contributed by atoms with Gasteiger partial charge in [-0.2, -0.15) is 0 Å². The Morgan fingerprint density at radius 1 is 1.47 bits per heavy atom. The van der Waals surface area contributed by atoms with E-state index in [4.69, 9.17) is 10.5 Å². The van der Waals surface area contributed by atoms with Gasteiger partial charge in [0.1, 0.15) is 5.75 Å². The number of aliphatic hydroxyl groups is 1. The van der Waals surface area contributed by atoms with Crippen molar-refractivity contribution in [3.05, 3.63) is 29.3 Å². The van der Waals surface area contributed by atoms with Crippen molar-refractivity contribution in [3.63, 3.8) is 0 Å². The van der Waals surface area contributed by atoms with Crippen LogP contribution >= 0.6 is 0 Å². The van der Waals surface area contributed by atoms with Gasteiger partial charge >= 0.3 is 0 Å². The molecule has 96 valence electrons. The Morgan fingerprint density at radius 3 is 2.71 bits per heavy atom. The van der Waals surface area contributed by atoms with E-state index in [0.29, 0.717) is 12.3 Å². The molecular weight excluding hydrogens is 216 g/mol. The Morgan fingerprint density at radius 2 is 2.18 bits per heavy atom. The van der Waals surface area contributed by atoms with Gasteiger partial charge in [0, 0.05) is 11.6 Å². The van der Waals surface area contributed by atoms with Crippen LogP contribution in [0.4, 0.5) is 0 Å². The van der Waals surface area contributed by atoms with Crippen molar-refractivity contribution in [2.24, 2.45) is 5.73 Å². The van der Waals surface area contributed by atoms with Gasteiger partial charge in [-0.05, 0) is 39.1 Å². The topological polar surface area (TPSA) is 67.5 Å². The van der Waals surface area contributed by atoms with Crippen molar-refractivity contribution in [3.8, 4) is 5.75 Å². The molecule has 0 spiro atoms. The number of aryl methyl sites for hydroxylation is 1. The molecule has 0 saturated carbocycles. The third kappa shape index (κ3) is 3.43. The SMILES string of the molecule is CNC(CCN)C(O)c1cc(C)ccc1OC. The Kier molecular flexibility index (Phi) is 5.41. The van der Waals surface area contributed by atoms with Crippen molar-refractivity contribution in [2.75, 3.05) is 20.7 Å². The number of likely N-dealkylation sites (N-methyl/N-ethyl adjacent to an activating group) is 1. The lowest BCUT2D eigenvalue weighted by atomic mass is 9.97. The average molecular weight is 238 g/mol. The van der Waals surface area contributed by atoms with Crippen molar-refractivity contribution < 1.29 is 9.84 Å². The van der Waals surface area contributed by atoms with Crippen LogP contribution < -0.4 is 15.8 Å². The van der Waals surface area contributed by atoms with Crippen LogP contribution in [-0.4, -0.2) is 31.9 Å². The molecule has 17 heavy (non-hydrogen) atoms. The molecule has 0 aliphatic heterocycles. The van der Waals surface area contributed by atoms with Crippen LogP contribution in [0.5, 0.6) is 5.75 Å². The second-order valence-corrected chi connectivity index (χ2v) is 4.16. The molecule has 1 aromatic carbocycles. The van der Waals surface area contributed by atoms with Crippen molar-refractivity contribution in [1.82, 2.24) is 5.32 Å². The highest BCUT2D eigenvalue weighted by atomic mass is 16.5. The Hall–Kier alpha value is -1.10. The summed E-state index contributed by atoms with van der Waals surface area (Å²) in [5.74, 6) is 0.709. The van der Waals surface area contributed by atoms with Crippen molar-refractivity contribution in [1.29, 1.82) is 0 Å². The molecule has 4 nitrogen and oxygen atoms in total. The lowest BCUT2D eigenvalue weighted by Gasteiger charge is -2.24. The third-order valence-corrected chi connectivity index (χ3v) is 2.93. The monoisotopic (exact) mass is 238 g/mol. The number of methoxy groups -OCH3 is 1. The average Bonchev–Trinajstić information content (AvgIpc) is 2.35. The fraction of sp³-hybridized carbons (Fsp3) is 0.538. The summed E-state index contributed by atoms with van der Waals surface area (Å²) in [6, 6.07) is 5.73. The van der Waals surface area contributed by atoms with Crippen LogP contribution in [0.1, 0.15) is 23.7 Å². The number of hydrogen-bond donors (Lipinski definition) is 3. The van der Waals surface area contributed by atoms with E-state index in [1.54, 1.807) is 7.11 Å². The normalized spacial score (nSPS) is 14.4. The van der Waals surface area contributed by atoms with Gasteiger partial charge in [-0.1, -0.05) is 11.6 Å². The third-order valence-electron chi connectivity index (χ3n) is 2.93. The number of nitrogens with two attached hydrogens (primary N) is 1. The number of rotatable bonds is 6. The molecule has 0 radical (unpaired) electrons. The molecule has 0 heterocycles. The van der Waals surface area contributed by atoms with Crippen molar-refractivity contribution >= 4 is 0 Å². The second-order valence-electron chi connectivity index (χ2n) is 4.16. The molecule has 4 N–H and O–H groups in total. The maximum Gasteiger partial charge on any atom is 0.124 e. The minimum absolute atomic E-state index is 0.0595. The first-order valence-corrected chi connectivity index (χ1v) is 5.84. The van der Waals surface area contributed by atoms with Gasteiger partial charge < -0.3 is 20.9 Å². The quantitative estimate of drug-likeness (QED) is 0.691. The molecule has 0 aromatic heterocycles. The van der Waals surface area contributed by atoms with Crippen LogP contribution in [0.3, 0.4) is 0 Å². The minimum atomic E-state index is -0.613. The van der Waals surface area contributed by atoms with E-state index in [9.17, 15) is 5.11 Å². The predicted octanol–water partition coefficient (Wildman–Crippen LogP) is 0.974. The van der Waals surface area contributed by atoms with Gasteiger partial charge in [-0.15, -0.1) is 0 Å². The Labute approximate surface area is 103 Å². The van der Waals surface area contributed by atoms with Gasteiger partial charge in [0.15, 0.2) is 0 Å². The standard InChI is InChI=1S/C13H22N2O2/c1-9-4-5-12(17-3)10(8-9)13(16)11(15-2)6-7-14/h4-5,8,11,13,15-16H,6-7,14H2,1-3H3. The molecule has 2 unspecified atom stereocenters.